The van der Waals surface area contributed by atoms with Crippen LogP contribution in [0.25, 0.3) is 0 Å². The van der Waals surface area contributed by atoms with Crippen molar-refractivity contribution in [1.82, 2.24) is 0 Å². The molecule has 20 heavy (non-hydrogen) atoms. The monoisotopic (exact) mass is 276 g/mol. The van der Waals surface area contributed by atoms with E-state index >= 15 is 0 Å². The zero-order chi connectivity index (χ0) is 14.5. The van der Waals surface area contributed by atoms with Crippen molar-refractivity contribution in [3.05, 3.63) is 65.0 Å². The Morgan fingerprint density at radius 2 is 1.75 bits per heavy atom. The molecule has 0 saturated heterocycles. The molecule has 0 aliphatic carbocycles. The van der Waals surface area contributed by atoms with Crippen LogP contribution < -0.4 is 4.74 Å². The van der Waals surface area contributed by atoms with E-state index in [4.69, 9.17) is 9.84 Å². The molecular weight excluding hydrogens is 259 g/mol. The lowest BCUT2D eigenvalue weighted by atomic mass is 10.1. The predicted molar refractivity (Wildman–Crippen MR) is 73.7 cm³/mol. The van der Waals surface area contributed by atoms with Gasteiger partial charge in [0, 0.05) is 5.56 Å². The third-order valence-electron chi connectivity index (χ3n) is 3.02. The van der Waals surface area contributed by atoms with Crippen molar-refractivity contribution in [3.63, 3.8) is 0 Å². The summed E-state index contributed by atoms with van der Waals surface area (Å²) in [6, 6.07) is 11.4. The topological polar surface area (TPSA) is 49.7 Å². The van der Waals surface area contributed by atoms with E-state index in [1.807, 2.05) is 24.3 Å². The molecule has 0 bridgehead atoms. The van der Waals surface area contributed by atoms with Crippen molar-refractivity contribution in [2.45, 2.75) is 26.2 Å². The number of hydrogen-bond donors (Lipinski definition) is 2. The van der Waals surface area contributed by atoms with E-state index < -0.39 is 11.9 Å². The molecule has 106 valence electrons. The highest BCUT2D eigenvalue weighted by Crippen LogP contribution is 2.26. The van der Waals surface area contributed by atoms with Crippen LogP contribution in [0.15, 0.2) is 42.5 Å². The Morgan fingerprint density at radius 1 is 1.10 bits per heavy atom. The van der Waals surface area contributed by atoms with Crippen LogP contribution in [0.2, 0.25) is 0 Å². The van der Waals surface area contributed by atoms with Crippen molar-refractivity contribution < 1.29 is 19.3 Å². The number of aliphatic hydroxyl groups excluding tert-OH is 2. The molecule has 2 aromatic rings. The Bertz CT molecular complexity index is 564. The maximum absolute atomic E-state index is 13.2. The second-order valence-corrected chi connectivity index (χ2v) is 4.62. The van der Waals surface area contributed by atoms with Crippen LogP contribution in [0.3, 0.4) is 0 Å². The average Bonchev–Trinajstić information content (AvgIpc) is 2.46. The van der Waals surface area contributed by atoms with Crippen molar-refractivity contribution in [3.8, 4) is 5.75 Å². The first-order valence-electron chi connectivity index (χ1n) is 6.39. The smallest absolute Gasteiger partial charge is 0.125 e. The van der Waals surface area contributed by atoms with Crippen molar-refractivity contribution in [2.24, 2.45) is 0 Å². The summed E-state index contributed by atoms with van der Waals surface area (Å²) in [5, 5.41) is 18.6. The first kappa shape index (κ1) is 14.5. The molecule has 2 rings (SSSR count). The average molecular weight is 276 g/mol. The van der Waals surface area contributed by atoms with Crippen molar-refractivity contribution in [1.29, 1.82) is 0 Å². The lowest BCUT2D eigenvalue weighted by Gasteiger charge is -2.13. The SMILES string of the molecule is C[C@H](O)c1cc(F)ccc1OCc1ccc(CO)cc1. The molecule has 2 aromatic carbocycles. The molecule has 0 aliphatic heterocycles. The first-order valence-corrected chi connectivity index (χ1v) is 6.39. The summed E-state index contributed by atoms with van der Waals surface area (Å²) in [5.74, 6) is 0.0631. The number of rotatable bonds is 5. The molecule has 0 amide bonds. The Kier molecular flexibility index (Phi) is 4.71. The van der Waals surface area contributed by atoms with E-state index in [1.165, 1.54) is 18.2 Å². The molecule has 0 radical (unpaired) electrons. The van der Waals surface area contributed by atoms with Crippen molar-refractivity contribution in [2.75, 3.05) is 0 Å². The van der Waals surface area contributed by atoms with Gasteiger partial charge in [-0.15, -0.1) is 0 Å². The van der Waals surface area contributed by atoms with Gasteiger partial charge in [-0.1, -0.05) is 24.3 Å². The molecule has 1 atom stereocenters. The van der Waals surface area contributed by atoms with E-state index in [-0.39, 0.29) is 6.61 Å². The third kappa shape index (κ3) is 3.56. The van der Waals surface area contributed by atoms with Crippen LogP contribution in [0.5, 0.6) is 5.75 Å². The lowest BCUT2D eigenvalue weighted by Crippen LogP contribution is -2.01. The van der Waals surface area contributed by atoms with Gasteiger partial charge in [-0.2, -0.15) is 0 Å². The molecule has 0 spiro atoms. The summed E-state index contributed by atoms with van der Waals surface area (Å²) in [4.78, 5) is 0. The minimum absolute atomic E-state index is 0.00523. The highest BCUT2D eigenvalue weighted by molar-refractivity contribution is 5.35. The molecule has 2 N–H and O–H groups in total. The molecule has 0 aromatic heterocycles. The van der Waals surface area contributed by atoms with Crippen LogP contribution in [0.4, 0.5) is 4.39 Å². The maximum Gasteiger partial charge on any atom is 0.125 e. The zero-order valence-corrected chi connectivity index (χ0v) is 11.2. The van der Waals surface area contributed by atoms with Gasteiger partial charge in [0.2, 0.25) is 0 Å². The Labute approximate surface area is 117 Å². The van der Waals surface area contributed by atoms with Gasteiger partial charge in [0.25, 0.3) is 0 Å². The van der Waals surface area contributed by atoms with E-state index in [1.54, 1.807) is 6.92 Å². The quantitative estimate of drug-likeness (QED) is 0.882. The second kappa shape index (κ2) is 6.50. The highest BCUT2D eigenvalue weighted by atomic mass is 19.1. The van der Waals surface area contributed by atoms with Gasteiger partial charge in [-0.05, 0) is 36.2 Å². The van der Waals surface area contributed by atoms with Gasteiger partial charge >= 0.3 is 0 Å². The number of ether oxygens (including phenoxy) is 1. The summed E-state index contributed by atoms with van der Waals surface area (Å²) in [6.07, 6.45) is -0.794. The van der Waals surface area contributed by atoms with Crippen LogP contribution in [-0.2, 0) is 13.2 Å². The normalized spacial score (nSPS) is 12.2. The number of halogens is 1. The number of aliphatic hydroxyl groups is 2. The summed E-state index contributed by atoms with van der Waals surface area (Å²) < 4.78 is 18.8. The van der Waals surface area contributed by atoms with Crippen LogP contribution in [0, 0.1) is 5.82 Å². The fourth-order valence-corrected chi connectivity index (χ4v) is 1.88. The van der Waals surface area contributed by atoms with Crippen LogP contribution >= 0.6 is 0 Å². The van der Waals surface area contributed by atoms with E-state index in [0.29, 0.717) is 17.9 Å². The van der Waals surface area contributed by atoms with Crippen LogP contribution in [-0.4, -0.2) is 10.2 Å². The summed E-state index contributed by atoms with van der Waals surface area (Å²) in [5.41, 5.74) is 2.19. The summed E-state index contributed by atoms with van der Waals surface area (Å²) in [7, 11) is 0. The Balaban J connectivity index is 2.10. The molecule has 0 saturated carbocycles. The minimum Gasteiger partial charge on any atom is -0.489 e. The second-order valence-electron chi connectivity index (χ2n) is 4.62. The molecule has 0 heterocycles. The Morgan fingerprint density at radius 3 is 2.35 bits per heavy atom. The van der Waals surface area contributed by atoms with Gasteiger partial charge in [-0.25, -0.2) is 4.39 Å². The largest absolute Gasteiger partial charge is 0.489 e. The summed E-state index contributed by atoms with van der Waals surface area (Å²) in [6.45, 7) is 1.89. The highest BCUT2D eigenvalue weighted by Gasteiger charge is 2.10. The van der Waals surface area contributed by atoms with Gasteiger partial charge < -0.3 is 14.9 Å². The van der Waals surface area contributed by atoms with E-state index in [0.717, 1.165) is 11.1 Å². The van der Waals surface area contributed by atoms with Crippen molar-refractivity contribution >= 4 is 0 Å². The molecular formula is C16H17FO3. The first-order chi connectivity index (χ1) is 9.60. The van der Waals surface area contributed by atoms with Crippen LogP contribution in [0.1, 0.15) is 29.7 Å². The fourth-order valence-electron chi connectivity index (χ4n) is 1.88. The zero-order valence-electron chi connectivity index (χ0n) is 11.2. The van der Waals surface area contributed by atoms with Gasteiger partial charge in [0.1, 0.15) is 18.2 Å². The maximum atomic E-state index is 13.2. The fraction of sp³-hybridized carbons (Fsp3) is 0.250. The molecule has 0 fully saturated rings. The Hall–Kier alpha value is -1.91. The minimum atomic E-state index is -0.794. The van der Waals surface area contributed by atoms with Gasteiger partial charge in [0.05, 0.1) is 12.7 Å². The molecule has 4 heteroatoms. The van der Waals surface area contributed by atoms with E-state index in [2.05, 4.69) is 0 Å². The van der Waals surface area contributed by atoms with Gasteiger partial charge in [-0.3, -0.25) is 0 Å². The predicted octanol–water partition coefficient (Wildman–Crippen LogP) is 2.95. The number of benzene rings is 2. The third-order valence-corrected chi connectivity index (χ3v) is 3.02. The lowest BCUT2D eigenvalue weighted by molar-refractivity contribution is 0.189. The van der Waals surface area contributed by atoms with Gasteiger partial charge in [0.15, 0.2) is 0 Å². The number of hydrogen-bond acceptors (Lipinski definition) is 3. The molecule has 0 aliphatic rings. The summed E-state index contributed by atoms with van der Waals surface area (Å²) >= 11 is 0. The standard InChI is InChI=1S/C16H17FO3/c1-11(19)15-8-14(17)6-7-16(15)20-10-13-4-2-12(9-18)3-5-13/h2-8,11,18-19H,9-10H2,1H3/t11-/m0/s1. The molecule has 0 unspecified atom stereocenters. The molecule has 3 nitrogen and oxygen atoms in total. The van der Waals surface area contributed by atoms with E-state index in [9.17, 15) is 9.50 Å².